The molecule has 0 saturated carbocycles. The first-order chi connectivity index (χ1) is 11.0. The van der Waals surface area contributed by atoms with E-state index in [1.807, 2.05) is 4.90 Å². The lowest BCUT2D eigenvalue weighted by molar-refractivity contribution is -0.159. The first-order valence-corrected chi connectivity index (χ1v) is 7.38. The van der Waals surface area contributed by atoms with Crippen molar-refractivity contribution in [2.24, 2.45) is 5.41 Å². The predicted molar refractivity (Wildman–Crippen MR) is 80.5 cm³/mol. The first-order valence-electron chi connectivity index (χ1n) is 7.38. The molecule has 0 bridgehead atoms. The number of aromatic nitrogens is 2. The summed E-state index contributed by atoms with van der Waals surface area (Å²) in [7, 11) is -1.92. The number of aliphatic hydroxyl groups excluding tert-OH is 1. The third-order valence-electron chi connectivity index (χ3n) is 3.87. The smallest absolute Gasteiger partial charge is 0.509 e. The fourth-order valence-corrected chi connectivity index (χ4v) is 2.50. The third kappa shape index (κ3) is 4.09. The van der Waals surface area contributed by atoms with Crippen molar-refractivity contribution in [2.75, 3.05) is 31.2 Å². The second-order valence-corrected chi connectivity index (χ2v) is 5.31. The molecule has 126 valence electrons. The third-order valence-corrected chi connectivity index (χ3v) is 3.87. The minimum absolute atomic E-state index is 0.136. The first kappa shape index (κ1) is 17.4. The summed E-state index contributed by atoms with van der Waals surface area (Å²) >= 11 is 0. The maximum absolute atomic E-state index is 12.0. The summed E-state index contributed by atoms with van der Waals surface area (Å²) in [5.41, 5.74) is -0.865. The number of rotatable bonds is 6. The van der Waals surface area contributed by atoms with Crippen LogP contribution in [0.3, 0.4) is 0 Å². The van der Waals surface area contributed by atoms with E-state index in [9.17, 15) is 9.90 Å². The fraction of sp³-hybridized carbons (Fsp3) is 0.615. The number of nitrogens with zero attached hydrogens (tertiary/aromatic N) is 3. The molecule has 0 aromatic carbocycles. The second-order valence-electron chi connectivity index (χ2n) is 5.31. The molecule has 10 heteroatoms. The number of hydrogen-bond acceptors (Lipinski definition) is 9. The number of hydrogen-bond donors (Lipinski definition) is 3. The largest absolute Gasteiger partial charge is 0.707 e. The monoisotopic (exact) mass is 325 g/mol. The van der Waals surface area contributed by atoms with Crippen molar-refractivity contribution >= 4 is 19.2 Å². The molecule has 1 aromatic rings. The van der Waals surface area contributed by atoms with Crippen molar-refractivity contribution in [3.8, 4) is 5.75 Å². The summed E-state index contributed by atoms with van der Waals surface area (Å²) in [6.45, 7) is 2.77. The van der Waals surface area contributed by atoms with E-state index in [2.05, 4.69) is 14.6 Å². The molecule has 0 unspecified atom stereocenters. The van der Waals surface area contributed by atoms with Crippen LogP contribution in [0.4, 0.5) is 5.95 Å². The Morgan fingerprint density at radius 1 is 1.35 bits per heavy atom. The van der Waals surface area contributed by atoms with Gasteiger partial charge < -0.3 is 29.4 Å². The minimum Gasteiger partial charge on any atom is -0.509 e. The van der Waals surface area contributed by atoms with Crippen molar-refractivity contribution in [1.29, 1.82) is 0 Å². The van der Waals surface area contributed by atoms with E-state index in [-0.39, 0.29) is 24.9 Å². The molecule has 2 rings (SSSR count). The number of aliphatic hydroxyl groups is 1. The van der Waals surface area contributed by atoms with Crippen LogP contribution in [0, 0.1) is 5.41 Å². The topological polar surface area (TPSA) is 125 Å². The zero-order valence-corrected chi connectivity index (χ0v) is 12.9. The molecule has 0 amide bonds. The Bertz CT molecular complexity index is 519. The van der Waals surface area contributed by atoms with Crippen LogP contribution in [0.1, 0.15) is 19.8 Å². The standard InChI is InChI=1S/C13H20BN3O6/c1-2-22-11(19)13(9-18)3-5-17(6-4-13)12-15-7-10(8-16-12)23-14(20)21/h7-8,18,20-21H,2-6,9H2,1H3. The molecule has 2 heterocycles. The summed E-state index contributed by atoms with van der Waals surface area (Å²) in [6.07, 6.45) is 3.56. The quantitative estimate of drug-likeness (QED) is 0.444. The molecular formula is C13H20BN3O6. The highest BCUT2D eigenvalue weighted by Crippen LogP contribution is 2.33. The summed E-state index contributed by atoms with van der Waals surface area (Å²) in [5, 5.41) is 27.0. The van der Waals surface area contributed by atoms with Gasteiger partial charge in [0.2, 0.25) is 5.95 Å². The molecule has 0 atom stereocenters. The molecule has 23 heavy (non-hydrogen) atoms. The Morgan fingerprint density at radius 3 is 2.43 bits per heavy atom. The maximum atomic E-state index is 12.0. The van der Waals surface area contributed by atoms with Crippen LogP contribution in [0.25, 0.3) is 0 Å². The highest BCUT2D eigenvalue weighted by molar-refractivity contribution is 6.33. The summed E-state index contributed by atoms with van der Waals surface area (Å²) < 4.78 is 9.70. The normalized spacial score (nSPS) is 16.8. The zero-order valence-electron chi connectivity index (χ0n) is 12.9. The maximum Gasteiger partial charge on any atom is 0.707 e. The Morgan fingerprint density at radius 2 is 1.96 bits per heavy atom. The lowest BCUT2D eigenvalue weighted by atomic mass is 9.79. The van der Waals surface area contributed by atoms with Gasteiger partial charge in [-0.05, 0) is 19.8 Å². The Hall–Kier alpha value is -1.91. The SMILES string of the molecule is CCOC(=O)C1(CO)CCN(c2ncc(OB(O)O)cn2)CC1. The van der Waals surface area contributed by atoms with Gasteiger partial charge in [-0.15, -0.1) is 0 Å². The molecule has 1 aliphatic rings. The van der Waals surface area contributed by atoms with E-state index in [0.717, 1.165) is 0 Å². The molecule has 1 aromatic heterocycles. The molecule has 3 N–H and O–H groups in total. The van der Waals surface area contributed by atoms with E-state index in [4.69, 9.17) is 14.8 Å². The van der Waals surface area contributed by atoms with E-state index >= 15 is 0 Å². The number of carbonyl (C=O) groups is 1. The van der Waals surface area contributed by atoms with E-state index in [0.29, 0.717) is 31.9 Å². The van der Waals surface area contributed by atoms with Crippen LogP contribution in [-0.4, -0.2) is 64.7 Å². The highest BCUT2D eigenvalue weighted by Gasteiger charge is 2.42. The van der Waals surface area contributed by atoms with Gasteiger partial charge in [-0.25, -0.2) is 9.97 Å². The molecule has 1 fully saturated rings. The molecule has 0 spiro atoms. The van der Waals surface area contributed by atoms with Gasteiger partial charge in [0.05, 0.1) is 31.0 Å². The second kappa shape index (κ2) is 7.58. The number of ether oxygens (including phenoxy) is 1. The molecule has 0 radical (unpaired) electrons. The van der Waals surface area contributed by atoms with Crippen LogP contribution in [0.15, 0.2) is 12.4 Å². The molecule has 9 nitrogen and oxygen atoms in total. The average molecular weight is 325 g/mol. The van der Waals surface area contributed by atoms with Crippen LogP contribution in [0.2, 0.25) is 0 Å². The van der Waals surface area contributed by atoms with Crippen LogP contribution >= 0.6 is 0 Å². The van der Waals surface area contributed by atoms with Gasteiger partial charge in [0, 0.05) is 13.1 Å². The van der Waals surface area contributed by atoms with Crippen LogP contribution < -0.4 is 9.55 Å². The van der Waals surface area contributed by atoms with Gasteiger partial charge in [0.1, 0.15) is 5.75 Å². The molecule has 1 aliphatic heterocycles. The van der Waals surface area contributed by atoms with Gasteiger partial charge in [-0.1, -0.05) is 0 Å². The lowest BCUT2D eigenvalue weighted by Gasteiger charge is -2.38. The van der Waals surface area contributed by atoms with Gasteiger partial charge in [-0.2, -0.15) is 0 Å². The minimum atomic E-state index is -1.92. The van der Waals surface area contributed by atoms with Crippen LogP contribution in [-0.2, 0) is 9.53 Å². The lowest BCUT2D eigenvalue weighted by Crippen LogP contribution is -2.47. The molecule has 0 aliphatic carbocycles. The predicted octanol–water partition coefficient (Wildman–Crippen LogP) is -1.03. The Labute approximate surface area is 134 Å². The summed E-state index contributed by atoms with van der Waals surface area (Å²) in [6, 6.07) is 0. The number of esters is 1. The van der Waals surface area contributed by atoms with Gasteiger partial charge in [0.15, 0.2) is 0 Å². The van der Waals surface area contributed by atoms with Crippen LogP contribution in [0.5, 0.6) is 5.75 Å². The zero-order chi connectivity index (χ0) is 16.9. The van der Waals surface area contributed by atoms with E-state index in [1.165, 1.54) is 12.4 Å². The Balaban J connectivity index is 1.99. The summed E-state index contributed by atoms with van der Waals surface area (Å²) in [4.78, 5) is 22.1. The van der Waals surface area contributed by atoms with Gasteiger partial charge in [-0.3, -0.25) is 4.79 Å². The van der Waals surface area contributed by atoms with E-state index in [1.54, 1.807) is 6.92 Å². The number of carbonyl (C=O) groups excluding carboxylic acids is 1. The molecular weight excluding hydrogens is 305 g/mol. The van der Waals surface area contributed by atoms with Crippen molar-refractivity contribution in [3.05, 3.63) is 12.4 Å². The highest BCUT2D eigenvalue weighted by atomic mass is 16.6. The van der Waals surface area contributed by atoms with Gasteiger partial charge >= 0.3 is 13.3 Å². The van der Waals surface area contributed by atoms with Crippen molar-refractivity contribution in [2.45, 2.75) is 19.8 Å². The van der Waals surface area contributed by atoms with Crippen molar-refractivity contribution in [3.63, 3.8) is 0 Å². The fourth-order valence-electron chi connectivity index (χ4n) is 2.50. The van der Waals surface area contributed by atoms with Gasteiger partial charge in [0.25, 0.3) is 0 Å². The number of anilines is 1. The molecule has 1 saturated heterocycles. The average Bonchev–Trinajstić information content (AvgIpc) is 2.55. The van der Waals surface area contributed by atoms with Crippen molar-refractivity contribution in [1.82, 2.24) is 9.97 Å². The van der Waals surface area contributed by atoms with Crippen molar-refractivity contribution < 1.29 is 29.3 Å². The Kier molecular flexibility index (Phi) is 5.75. The van der Waals surface area contributed by atoms with E-state index < -0.39 is 12.7 Å². The summed E-state index contributed by atoms with van der Waals surface area (Å²) in [5.74, 6) is 0.209. The number of piperidine rings is 1.